The molecule has 1 saturated heterocycles. The van der Waals surface area contributed by atoms with Crippen LogP contribution >= 0.6 is 24.0 Å². The number of amides is 1. The topological polar surface area (TPSA) is 49.3 Å². The molecule has 0 atom stereocenters. The number of likely N-dealkylation sites (N-methyl/N-ethyl adjacent to an activating group) is 1. The zero-order valence-electron chi connectivity index (χ0n) is 16.4. The monoisotopic (exact) mass is 508 g/mol. The molecule has 2 aromatic carbocycles. The first-order valence-corrected chi connectivity index (χ1v) is 12.4. The number of thioether (sulfide) groups is 1. The number of aromatic nitrogens is 2. The van der Waals surface area contributed by atoms with Gasteiger partial charge in [-0.3, -0.25) is 0 Å². The number of hydrogen-bond donors (Lipinski definition) is 0. The third-order valence-corrected chi connectivity index (χ3v) is 8.40. The summed E-state index contributed by atoms with van der Waals surface area (Å²) in [5.74, 6) is 0.588. The standard InChI is InChI=1S/C23H16N4OS2Se/c1-26-21(28)19(30-23(26)29)13-17-11-12-20(31-17)27(16-8-3-2-4-9-16)22-24-14-15-7-5-6-10-18(15)25-22/h2-14H,1H3/b19-13+. The number of anilines is 3. The molecule has 8 heteroatoms. The van der Waals surface area contributed by atoms with Gasteiger partial charge in [0.25, 0.3) is 0 Å². The van der Waals surface area contributed by atoms with Gasteiger partial charge in [0.1, 0.15) is 0 Å². The third kappa shape index (κ3) is 3.95. The zero-order chi connectivity index (χ0) is 21.4. The van der Waals surface area contributed by atoms with E-state index in [9.17, 15) is 4.79 Å². The molecule has 152 valence electrons. The number of hydrogen-bond acceptors (Lipinski definition) is 6. The first kappa shape index (κ1) is 20.1. The van der Waals surface area contributed by atoms with Crippen molar-refractivity contribution in [3.05, 3.63) is 82.3 Å². The normalized spacial score (nSPS) is 15.3. The van der Waals surface area contributed by atoms with Crippen molar-refractivity contribution in [3.63, 3.8) is 0 Å². The predicted molar refractivity (Wildman–Crippen MR) is 132 cm³/mol. The average Bonchev–Trinajstić information content (AvgIpc) is 3.35. The van der Waals surface area contributed by atoms with Gasteiger partial charge in [-0.15, -0.1) is 0 Å². The van der Waals surface area contributed by atoms with Crippen LogP contribution in [-0.2, 0) is 4.79 Å². The number of rotatable bonds is 4. The molecule has 5 rings (SSSR count). The van der Waals surface area contributed by atoms with Crippen LogP contribution in [0.25, 0.3) is 17.0 Å². The van der Waals surface area contributed by atoms with Gasteiger partial charge in [0.05, 0.1) is 0 Å². The summed E-state index contributed by atoms with van der Waals surface area (Å²) >= 11 is 6.58. The average molecular weight is 508 g/mol. The predicted octanol–water partition coefficient (Wildman–Crippen LogP) is 4.99. The number of carbonyl (C=O) groups is 1. The van der Waals surface area contributed by atoms with Crippen molar-refractivity contribution in [1.29, 1.82) is 0 Å². The van der Waals surface area contributed by atoms with Crippen molar-refractivity contribution in [1.82, 2.24) is 14.9 Å². The van der Waals surface area contributed by atoms with Gasteiger partial charge in [0.15, 0.2) is 0 Å². The van der Waals surface area contributed by atoms with Gasteiger partial charge < -0.3 is 0 Å². The summed E-state index contributed by atoms with van der Waals surface area (Å²) < 4.78 is 2.80. The van der Waals surface area contributed by atoms with Gasteiger partial charge in [0.2, 0.25) is 0 Å². The van der Waals surface area contributed by atoms with E-state index in [1.165, 1.54) is 16.7 Å². The summed E-state index contributed by atoms with van der Waals surface area (Å²) in [4.78, 5) is 26.1. The Bertz CT molecular complexity index is 1340. The minimum absolute atomic E-state index is 0.0124. The Morgan fingerprint density at radius 2 is 1.84 bits per heavy atom. The van der Waals surface area contributed by atoms with Crippen LogP contribution in [0.1, 0.15) is 4.44 Å². The Kier molecular flexibility index (Phi) is 5.46. The zero-order valence-corrected chi connectivity index (χ0v) is 19.8. The number of nitrogens with zero attached hydrogens (tertiary/aromatic N) is 4. The molecule has 1 fully saturated rings. The Morgan fingerprint density at radius 3 is 2.61 bits per heavy atom. The minimum atomic E-state index is -0.0436. The Hall–Kier alpha value is -2.77. The second kappa shape index (κ2) is 8.40. The summed E-state index contributed by atoms with van der Waals surface area (Å²) in [6.45, 7) is 0. The van der Waals surface area contributed by atoms with Gasteiger partial charge in [0, 0.05) is 0 Å². The van der Waals surface area contributed by atoms with Crippen molar-refractivity contribution in [2.45, 2.75) is 0 Å². The second-order valence-electron chi connectivity index (χ2n) is 6.82. The Morgan fingerprint density at radius 1 is 1.06 bits per heavy atom. The van der Waals surface area contributed by atoms with Crippen LogP contribution in [0.4, 0.5) is 16.2 Å². The fourth-order valence-corrected chi connectivity index (χ4v) is 6.57. The molecule has 0 saturated carbocycles. The Labute approximate surface area is 195 Å². The van der Waals surface area contributed by atoms with E-state index >= 15 is 0 Å². The van der Waals surface area contributed by atoms with E-state index < -0.39 is 0 Å². The SMILES string of the molecule is CN1C(=O)/C(=C\c2ccc(N(c3ccccc3)c3ncc4ccccc4n3)[se]2)SC1=S. The van der Waals surface area contributed by atoms with Gasteiger partial charge >= 0.3 is 196 Å². The summed E-state index contributed by atoms with van der Waals surface area (Å²) in [5, 5.41) is 1.01. The molecule has 5 nitrogen and oxygen atoms in total. The van der Waals surface area contributed by atoms with Gasteiger partial charge in [-0.2, -0.15) is 0 Å². The second-order valence-corrected chi connectivity index (χ2v) is 10.8. The fourth-order valence-electron chi connectivity index (χ4n) is 3.20. The summed E-state index contributed by atoms with van der Waals surface area (Å²) in [7, 11) is 1.71. The molecular formula is C23H16N4OS2Se. The third-order valence-electron chi connectivity index (χ3n) is 4.78. The van der Waals surface area contributed by atoms with Crippen LogP contribution in [-0.4, -0.2) is 46.6 Å². The number of para-hydroxylation sites is 2. The van der Waals surface area contributed by atoms with Crippen molar-refractivity contribution in [3.8, 4) is 0 Å². The summed E-state index contributed by atoms with van der Waals surface area (Å²) in [5.41, 5.74) is 1.90. The van der Waals surface area contributed by atoms with Crippen LogP contribution in [0.2, 0.25) is 0 Å². The van der Waals surface area contributed by atoms with E-state index in [-0.39, 0.29) is 20.4 Å². The van der Waals surface area contributed by atoms with E-state index in [4.69, 9.17) is 17.2 Å². The van der Waals surface area contributed by atoms with Gasteiger partial charge in [-0.25, -0.2) is 0 Å². The van der Waals surface area contributed by atoms with Crippen molar-refractivity contribution in [2.75, 3.05) is 11.9 Å². The van der Waals surface area contributed by atoms with Crippen LogP contribution in [0.5, 0.6) is 0 Å². The molecule has 0 spiro atoms. The molecule has 3 heterocycles. The molecule has 1 aliphatic rings. The molecule has 31 heavy (non-hydrogen) atoms. The van der Waals surface area contributed by atoms with Crippen molar-refractivity contribution in [2.24, 2.45) is 0 Å². The molecule has 4 aromatic rings. The molecule has 1 aliphatic heterocycles. The summed E-state index contributed by atoms with van der Waals surface area (Å²) in [6.07, 6.45) is 3.81. The molecule has 0 radical (unpaired) electrons. The first-order chi connectivity index (χ1) is 15.1. The maximum absolute atomic E-state index is 12.4. The van der Waals surface area contributed by atoms with E-state index in [1.54, 1.807) is 7.05 Å². The summed E-state index contributed by atoms with van der Waals surface area (Å²) in [6, 6.07) is 22.2. The van der Waals surface area contributed by atoms with Crippen molar-refractivity contribution < 1.29 is 4.79 Å². The van der Waals surface area contributed by atoms with Gasteiger partial charge in [-0.05, 0) is 0 Å². The molecule has 0 aliphatic carbocycles. The fraction of sp³-hybridized carbons (Fsp3) is 0.0435. The van der Waals surface area contributed by atoms with E-state index in [0.29, 0.717) is 15.2 Å². The van der Waals surface area contributed by atoms with Gasteiger partial charge in [-0.1, -0.05) is 0 Å². The molecular weight excluding hydrogens is 491 g/mol. The van der Waals surface area contributed by atoms with Crippen LogP contribution < -0.4 is 4.90 Å². The number of carbonyl (C=O) groups excluding carboxylic acids is 1. The van der Waals surface area contributed by atoms with E-state index in [1.807, 2.05) is 54.7 Å². The van der Waals surface area contributed by atoms with E-state index in [0.717, 1.165) is 25.6 Å². The van der Waals surface area contributed by atoms with Crippen LogP contribution in [0, 0.1) is 0 Å². The number of fused-ring (bicyclic) bond motifs is 1. The van der Waals surface area contributed by atoms with E-state index in [2.05, 4.69) is 34.1 Å². The van der Waals surface area contributed by atoms with Crippen LogP contribution in [0.15, 0.2) is 77.8 Å². The Balaban J connectivity index is 1.57. The molecule has 2 aromatic heterocycles. The molecule has 0 bridgehead atoms. The quantitative estimate of drug-likeness (QED) is 0.221. The van der Waals surface area contributed by atoms with Crippen molar-refractivity contribution >= 4 is 81.9 Å². The van der Waals surface area contributed by atoms with Crippen LogP contribution in [0.3, 0.4) is 0 Å². The number of benzene rings is 2. The molecule has 1 amide bonds. The number of thiocarbonyl (C=S) groups is 1. The first-order valence-electron chi connectivity index (χ1n) is 9.48. The maximum atomic E-state index is 12.4. The molecule has 0 N–H and O–H groups in total. The molecule has 0 unspecified atom stereocenters.